The summed E-state index contributed by atoms with van der Waals surface area (Å²) in [5.41, 5.74) is 0.507. The van der Waals surface area contributed by atoms with Crippen molar-refractivity contribution in [1.82, 2.24) is 20.0 Å². The summed E-state index contributed by atoms with van der Waals surface area (Å²) in [6, 6.07) is 10.1. The Morgan fingerprint density at radius 3 is 2.37 bits per heavy atom. The van der Waals surface area contributed by atoms with Crippen LogP contribution in [0.5, 0.6) is 0 Å². The Kier molecular flexibility index (Phi) is 6.04. The SMILES string of the molecule is CC(C)c1ccc([C@](O)(c2cncc(-c3nc(C4(O)CCOCC4)no3)c2)C2(C)CN(C)C2)cc1. The molecule has 186 valence electrons. The van der Waals surface area contributed by atoms with Crippen molar-refractivity contribution in [2.45, 2.75) is 50.7 Å². The van der Waals surface area contributed by atoms with Crippen LogP contribution in [0.3, 0.4) is 0 Å². The van der Waals surface area contributed by atoms with E-state index in [1.807, 2.05) is 18.2 Å². The lowest BCUT2D eigenvalue weighted by atomic mass is 9.62. The number of hydrogen-bond acceptors (Lipinski definition) is 8. The Bertz CT molecular complexity index is 1180. The summed E-state index contributed by atoms with van der Waals surface area (Å²) in [7, 11) is 2.06. The van der Waals surface area contributed by atoms with Crippen LogP contribution < -0.4 is 0 Å². The van der Waals surface area contributed by atoms with E-state index in [2.05, 4.69) is 60.0 Å². The molecule has 0 radical (unpaired) electrons. The number of hydrogen-bond donors (Lipinski definition) is 2. The number of rotatable bonds is 6. The predicted octanol–water partition coefficient (Wildman–Crippen LogP) is 3.44. The summed E-state index contributed by atoms with van der Waals surface area (Å²) in [5, 5.41) is 27.4. The van der Waals surface area contributed by atoms with Gasteiger partial charge >= 0.3 is 0 Å². The zero-order valence-corrected chi connectivity index (χ0v) is 20.9. The Morgan fingerprint density at radius 2 is 1.74 bits per heavy atom. The van der Waals surface area contributed by atoms with Crippen LogP contribution in [0.4, 0.5) is 0 Å². The van der Waals surface area contributed by atoms with Gasteiger partial charge in [0.1, 0.15) is 11.2 Å². The summed E-state index contributed by atoms with van der Waals surface area (Å²) < 4.78 is 10.9. The third kappa shape index (κ3) is 4.08. The Balaban J connectivity index is 1.54. The molecule has 3 aromatic rings. The molecule has 35 heavy (non-hydrogen) atoms. The van der Waals surface area contributed by atoms with Gasteiger partial charge in [0.2, 0.25) is 5.82 Å². The summed E-state index contributed by atoms with van der Waals surface area (Å²) in [5.74, 6) is 0.931. The van der Waals surface area contributed by atoms with Gasteiger partial charge in [-0.2, -0.15) is 4.98 Å². The van der Waals surface area contributed by atoms with Gasteiger partial charge < -0.3 is 24.4 Å². The van der Waals surface area contributed by atoms with Crippen molar-refractivity contribution < 1.29 is 19.5 Å². The Morgan fingerprint density at radius 1 is 1.06 bits per heavy atom. The lowest BCUT2D eigenvalue weighted by Gasteiger charge is -2.55. The van der Waals surface area contributed by atoms with Gasteiger partial charge in [0, 0.05) is 62.5 Å². The fourth-order valence-corrected chi connectivity index (χ4v) is 5.56. The molecule has 4 heterocycles. The highest BCUT2D eigenvalue weighted by atomic mass is 16.5. The van der Waals surface area contributed by atoms with Crippen LogP contribution in [0.15, 0.2) is 47.2 Å². The third-order valence-electron chi connectivity index (χ3n) is 7.67. The highest BCUT2D eigenvalue weighted by Gasteiger charge is 2.55. The van der Waals surface area contributed by atoms with Crippen LogP contribution in [0.1, 0.15) is 62.0 Å². The summed E-state index contributed by atoms with van der Waals surface area (Å²) in [6.45, 7) is 8.83. The van der Waals surface area contributed by atoms with Crippen molar-refractivity contribution in [3.63, 3.8) is 0 Å². The highest BCUT2D eigenvalue weighted by molar-refractivity contribution is 5.55. The predicted molar refractivity (Wildman–Crippen MR) is 131 cm³/mol. The Labute approximate surface area is 206 Å². The molecule has 5 rings (SSSR count). The topological polar surface area (TPSA) is 105 Å². The minimum Gasteiger partial charge on any atom is -0.382 e. The number of aliphatic hydroxyl groups is 2. The molecule has 2 aliphatic heterocycles. The Hall–Kier alpha value is -2.65. The maximum Gasteiger partial charge on any atom is 0.259 e. The third-order valence-corrected chi connectivity index (χ3v) is 7.67. The fourth-order valence-electron chi connectivity index (χ4n) is 5.56. The van der Waals surface area contributed by atoms with Crippen molar-refractivity contribution in [2.75, 3.05) is 33.4 Å². The molecule has 0 bridgehead atoms. The van der Waals surface area contributed by atoms with Crippen LogP contribution in [0.2, 0.25) is 0 Å². The lowest BCUT2D eigenvalue weighted by Crippen LogP contribution is -2.63. The van der Waals surface area contributed by atoms with E-state index in [9.17, 15) is 10.2 Å². The first-order chi connectivity index (χ1) is 16.6. The maximum atomic E-state index is 12.4. The minimum absolute atomic E-state index is 0.258. The van der Waals surface area contributed by atoms with E-state index in [4.69, 9.17) is 9.26 Å². The molecule has 1 aromatic carbocycles. The molecule has 2 aliphatic rings. The van der Waals surface area contributed by atoms with Crippen LogP contribution in [0, 0.1) is 5.41 Å². The average Bonchev–Trinajstić information content (AvgIpc) is 3.35. The second-order valence-electron chi connectivity index (χ2n) is 10.7. The minimum atomic E-state index is -1.26. The van der Waals surface area contributed by atoms with E-state index in [1.165, 1.54) is 5.56 Å². The number of benzene rings is 1. The second kappa shape index (κ2) is 8.78. The number of aromatic nitrogens is 3. The van der Waals surface area contributed by atoms with Gasteiger partial charge in [0.15, 0.2) is 0 Å². The van der Waals surface area contributed by atoms with Gasteiger partial charge in [0.05, 0.1) is 5.56 Å². The number of pyridine rings is 1. The molecule has 0 saturated carbocycles. The van der Waals surface area contributed by atoms with Crippen molar-refractivity contribution in [1.29, 1.82) is 0 Å². The molecular formula is C27H34N4O4. The van der Waals surface area contributed by atoms with Gasteiger partial charge in [-0.1, -0.05) is 50.2 Å². The second-order valence-corrected chi connectivity index (χ2v) is 10.7. The molecule has 2 N–H and O–H groups in total. The fraction of sp³-hybridized carbons (Fsp3) is 0.519. The number of likely N-dealkylation sites (tertiary alicyclic amines) is 1. The van der Waals surface area contributed by atoms with Crippen molar-refractivity contribution in [2.24, 2.45) is 5.41 Å². The van der Waals surface area contributed by atoms with Crippen LogP contribution in [-0.4, -0.2) is 63.6 Å². The first-order valence-corrected chi connectivity index (χ1v) is 12.3. The van der Waals surface area contributed by atoms with Gasteiger partial charge in [0.25, 0.3) is 5.89 Å². The molecule has 2 aromatic heterocycles. The van der Waals surface area contributed by atoms with Gasteiger partial charge in [-0.3, -0.25) is 4.98 Å². The normalized spacial score (nSPS) is 21.5. The van der Waals surface area contributed by atoms with Gasteiger partial charge in [-0.05, 0) is 30.2 Å². The first kappa shape index (κ1) is 24.1. The number of nitrogens with zero attached hydrogens (tertiary/aromatic N) is 4. The lowest BCUT2D eigenvalue weighted by molar-refractivity contribution is -0.127. The number of ether oxygens (including phenoxy) is 1. The van der Waals surface area contributed by atoms with E-state index >= 15 is 0 Å². The largest absolute Gasteiger partial charge is 0.382 e. The summed E-state index contributed by atoms with van der Waals surface area (Å²) >= 11 is 0. The maximum absolute atomic E-state index is 12.4. The zero-order chi connectivity index (χ0) is 24.8. The molecule has 0 unspecified atom stereocenters. The van der Waals surface area contributed by atoms with Gasteiger partial charge in [-0.15, -0.1) is 0 Å². The molecular weight excluding hydrogens is 444 g/mol. The molecule has 0 spiro atoms. The van der Waals surface area contributed by atoms with E-state index in [1.54, 1.807) is 12.4 Å². The monoisotopic (exact) mass is 478 g/mol. The molecule has 0 aliphatic carbocycles. The van der Waals surface area contributed by atoms with Crippen molar-refractivity contribution >= 4 is 0 Å². The molecule has 2 saturated heterocycles. The van der Waals surface area contributed by atoms with E-state index in [0.29, 0.717) is 43.1 Å². The van der Waals surface area contributed by atoms with Crippen LogP contribution >= 0.6 is 0 Å². The molecule has 8 heteroatoms. The van der Waals surface area contributed by atoms with Crippen LogP contribution in [0.25, 0.3) is 11.5 Å². The zero-order valence-electron chi connectivity index (χ0n) is 20.9. The van der Waals surface area contributed by atoms with E-state index in [-0.39, 0.29) is 11.7 Å². The van der Waals surface area contributed by atoms with Crippen molar-refractivity contribution in [3.8, 4) is 11.5 Å². The first-order valence-electron chi connectivity index (χ1n) is 12.3. The quantitative estimate of drug-likeness (QED) is 0.555. The van der Waals surface area contributed by atoms with E-state index in [0.717, 1.165) is 18.7 Å². The van der Waals surface area contributed by atoms with Gasteiger partial charge in [-0.25, -0.2) is 0 Å². The standard InChI is InChI=1S/C27H34N4O4/c1-18(2)19-5-7-21(8-6-19)27(33,25(3)16-31(4)17-25)22-13-20(14-28-15-22)23-29-24(30-35-23)26(32)9-11-34-12-10-26/h5-8,13-15,18,32-33H,9-12,16-17H2,1-4H3/t27-/m0/s1. The molecule has 2 fully saturated rings. The molecule has 0 amide bonds. The average molecular weight is 479 g/mol. The summed E-state index contributed by atoms with van der Waals surface area (Å²) in [6.07, 6.45) is 4.20. The summed E-state index contributed by atoms with van der Waals surface area (Å²) in [4.78, 5) is 11.1. The molecule has 1 atom stereocenters. The molecule has 8 nitrogen and oxygen atoms in total. The van der Waals surface area contributed by atoms with E-state index < -0.39 is 16.6 Å². The highest BCUT2D eigenvalue weighted by Crippen LogP contribution is 2.50. The smallest absolute Gasteiger partial charge is 0.259 e. The van der Waals surface area contributed by atoms with Crippen molar-refractivity contribution in [3.05, 3.63) is 65.2 Å². The van der Waals surface area contributed by atoms with Crippen LogP contribution in [-0.2, 0) is 15.9 Å².